The van der Waals surface area contributed by atoms with Crippen LogP contribution in [0.3, 0.4) is 0 Å². The zero-order chi connectivity index (χ0) is 11.1. The normalized spacial score (nSPS) is 27.5. The molecule has 15 heavy (non-hydrogen) atoms. The van der Waals surface area contributed by atoms with Crippen molar-refractivity contribution >= 4 is 0 Å². The molecule has 2 N–H and O–H groups in total. The smallest absolute Gasteiger partial charge is 0.0946 e. The Morgan fingerprint density at radius 1 is 1.53 bits per heavy atom. The summed E-state index contributed by atoms with van der Waals surface area (Å²) in [5, 5.41) is 0. The highest BCUT2D eigenvalue weighted by atomic mass is 16.5. The van der Waals surface area contributed by atoms with Crippen molar-refractivity contribution in [2.75, 3.05) is 13.2 Å². The van der Waals surface area contributed by atoms with Gasteiger partial charge in [-0.3, -0.25) is 0 Å². The van der Waals surface area contributed by atoms with Crippen LogP contribution in [0, 0.1) is 0 Å². The lowest BCUT2D eigenvalue weighted by Gasteiger charge is -2.27. The molecule has 1 rings (SSSR count). The van der Waals surface area contributed by atoms with Crippen molar-refractivity contribution in [2.45, 2.75) is 45.6 Å². The molecule has 2 nitrogen and oxygen atoms in total. The average molecular weight is 209 g/mol. The minimum Gasteiger partial charge on any atom is -0.372 e. The Kier molecular flexibility index (Phi) is 5.66. The highest BCUT2D eigenvalue weighted by Crippen LogP contribution is 2.26. The quantitative estimate of drug-likeness (QED) is 0.723. The van der Waals surface area contributed by atoms with Gasteiger partial charge in [0, 0.05) is 6.54 Å². The lowest BCUT2D eigenvalue weighted by Crippen LogP contribution is -2.31. The van der Waals surface area contributed by atoms with Gasteiger partial charge in [-0.2, -0.15) is 0 Å². The van der Waals surface area contributed by atoms with Crippen LogP contribution < -0.4 is 5.73 Å². The largest absolute Gasteiger partial charge is 0.372 e. The lowest BCUT2D eigenvalue weighted by atomic mass is 9.94. The van der Waals surface area contributed by atoms with Crippen molar-refractivity contribution in [1.82, 2.24) is 0 Å². The second kappa shape index (κ2) is 6.81. The summed E-state index contributed by atoms with van der Waals surface area (Å²) in [6.45, 7) is 5.70. The van der Waals surface area contributed by atoms with E-state index in [-0.39, 0.29) is 6.10 Å². The highest BCUT2D eigenvalue weighted by molar-refractivity contribution is 5.35. The zero-order valence-electron chi connectivity index (χ0n) is 9.96. The maximum absolute atomic E-state index is 5.69. The molecule has 1 heterocycles. The monoisotopic (exact) mass is 209 g/mol. The van der Waals surface area contributed by atoms with Gasteiger partial charge in [-0.1, -0.05) is 31.9 Å². The van der Waals surface area contributed by atoms with Crippen molar-refractivity contribution in [2.24, 2.45) is 5.73 Å². The summed E-state index contributed by atoms with van der Waals surface area (Å²) in [6.07, 6.45) is 9.39. The van der Waals surface area contributed by atoms with Crippen molar-refractivity contribution in [1.29, 1.82) is 0 Å². The highest BCUT2D eigenvalue weighted by Gasteiger charge is 2.20. The third kappa shape index (κ3) is 3.47. The van der Waals surface area contributed by atoms with Crippen LogP contribution in [0.1, 0.15) is 39.5 Å². The van der Waals surface area contributed by atoms with Gasteiger partial charge in [0.2, 0.25) is 0 Å². The van der Waals surface area contributed by atoms with Gasteiger partial charge in [-0.15, -0.1) is 0 Å². The van der Waals surface area contributed by atoms with Crippen LogP contribution in [0.4, 0.5) is 0 Å². The van der Waals surface area contributed by atoms with E-state index in [9.17, 15) is 0 Å². The van der Waals surface area contributed by atoms with E-state index in [1.54, 1.807) is 0 Å². The maximum atomic E-state index is 5.69. The summed E-state index contributed by atoms with van der Waals surface area (Å²) < 4.78 is 5.63. The van der Waals surface area contributed by atoms with E-state index in [4.69, 9.17) is 10.5 Å². The van der Waals surface area contributed by atoms with Crippen LogP contribution in [0.2, 0.25) is 0 Å². The van der Waals surface area contributed by atoms with Crippen molar-refractivity contribution < 1.29 is 4.74 Å². The number of allylic oxidation sites excluding steroid dienone is 2. The van der Waals surface area contributed by atoms with E-state index < -0.39 is 0 Å². The summed E-state index contributed by atoms with van der Waals surface area (Å²) in [6, 6.07) is 0. The molecule has 0 aliphatic carbocycles. The van der Waals surface area contributed by atoms with E-state index in [1.807, 2.05) is 0 Å². The fourth-order valence-electron chi connectivity index (χ4n) is 2.02. The molecule has 0 radical (unpaired) electrons. The summed E-state index contributed by atoms with van der Waals surface area (Å²) in [4.78, 5) is 0. The average Bonchev–Trinajstić information content (AvgIpc) is 2.29. The third-order valence-electron chi connectivity index (χ3n) is 2.88. The number of hydrogen-bond acceptors (Lipinski definition) is 2. The Bertz CT molecular complexity index is 243. The topological polar surface area (TPSA) is 35.2 Å². The molecule has 1 aliphatic rings. The Morgan fingerprint density at radius 2 is 2.33 bits per heavy atom. The Hall–Kier alpha value is -0.600. The molecule has 1 aliphatic heterocycles. The van der Waals surface area contributed by atoms with Crippen LogP contribution in [0.25, 0.3) is 0 Å². The molecule has 86 valence electrons. The molecule has 0 bridgehead atoms. The van der Waals surface area contributed by atoms with Gasteiger partial charge in [0.05, 0.1) is 12.7 Å². The SMILES string of the molecule is C/C=C1\C(=C/CCCC)CCOC1CN. The van der Waals surface area contributed by atoms with E-state index >= 15 is 0 Å². The van der Waals surface area contributed by atoms with Gasteiger partial charge < -0.3 is 10.5 Å². The number of hydrogen-bond donors (Lipinski definition) is 1. The molecule has 0 spiro atoms. The van der Waals surface area contributed by atoms with Crippen molar-refractivity contribution in [3.8, 4) is 0 Å². The first kappa shape index (κ1) is 12.5. The number of nitrogens with two attached hydrogens (primary N) is 1. The molecule has 0 amide bonds. The van der Waals surface area contributed by atoms with Crippen LogP contribution in [-0.4, -0.2) is 19.3 Å². The van der Waals surface area contributed by atoms with Crippen LogP contribution in [0.5, 0.6) is 0 Å². The van der Waals surface area contributed by atoms with Crippen molar-refractivity contribution in [3.05, 3.63) is 23.3 Å². The molecule has 1 atom stereocenters. The Labute approximate surface area is 93.2 Å². The molecule has 0 aromatic carbocycles. The lowest BCUT2D eigenvalue weighted by molar-refractivity contribution is 0.0724. The van der Waals surface area contributed by atoms with Gasteiger partial charge in [0.1, 0.15) is 0 Å². The minimum atomic E-state index is 0.122. The summed E-state index contributed by atoms with van der Waals surface area (Å²) in [5.41, 5.74) is 8.45. The molecule has 0 saturated carbocycles. The summed E-state index contributed by atoms with van der Waals surface area (Å²) >= 11 is 0. The van der Waals surface area contributed by atoms with Gasteiger partial charge in [-0.05, 0) is 30.9 Å². The van der Waals surface area contributed by atoms with Gasteiger partial charge >= 0.3 is 0 Å². The van der Waals surface area contributed by atoms with E-state index in [0.29, 0.717) is 6.54 Å². The molecular weight excluding hydrogens is 186 g/mol. The minimum absolute atomic E-state index is 0.122. The van der Waals surface area contributed by atoms with Crippen molar-refractivity contribution in [3.63, 3.8) is 0 Å². The van der Waals surface area contributed by atoms with Gasteiger partial charge in [-0.25, -0.2) is 0 Å². The fraction of sp³-hybridized carbons (Fsp3) is 0.692. The van der Waals surface area contributed by atoms with E-state index in [0.717, 1.165) is 13.0 Å². The first-order chi connectivity index (χ1) is 7.33. The van der Waals surface area contributed by atoms with Crippen LogP contribution in [-0.2, 0) is 4.74 Å². The summed E-state index contributed by atoms with van der Waals surface area (Å²) in [5.74, 6) is 0. The molecule has 0 aromatic heterocycles. The first-order valence-corrected chi connectivity index (χ1v) is 6.00. The summed E-state index contributed by atoms with van der Waals surface area (Å²) in [7, 11) is 0. The second-order valence-electron chi connectivity index (χ2n) is 3.96. The third-order valence-corrected chi connectivity index (χ3v) is 2.88. The number of rotatable bonds is 4. The van der Waals surface area contributed by atoms with Gasteiger partial charge in [0.15, 0.2) is 0 Å². The molecule has 1 saturated heterocycles. The van der Waals surface area contributed by atoms with E-state index in [2.05, 4.69) is 26.0 Å². The second-order valence-corrected chi connectivity index (χ2v) is 3.96. The first-order valence-electron chi connectivity index (χ1n) is 6.00. The predicted octanol–water partition coefficient (Wildman–Crippen LogP) is 2.80. The fourth-order valence-corrected chi connectivity index (χ4v) is 2.02. The number of ether oxygens (including phenoxy) is 1. The molecule has 0 aromatic rings. The van der Waals surface area contributed by atoms with Crippen LogP contribution >= 0.6 is 0 Å². The Balaban J connectivity index is 2.65. The molecule has 2 heteroatoms. The predicted molar refractivity (Wildman–Crippen MR) is 64.8 cm³/mol. The number of unbranched alkanes of at least 4 members (excludes halogenated alkanes) is 2. The maximum Gasteiger partial charge on any atom is 0.0946 e. The standard InChI is InChI=1S/C13H23NO/c1-3-5-6-7-11-8-9-15-13(10-14)12(11)4-2/h4,7,13H,3,5-6,8-10,14H2,1-2H3/b11-7-,12-4+. The van der Waals surface area contributed by atoms with E-state index in [1.165, 1.54) is 30.4 Å². The molecule has 1 fully saturated rings. The Morgan fingerprint density at radius 3 is 2.93 bits per heavy atom. The molecule has 1 unspecified atom stereocenters. The molecular formula is C13H23NO. The van der Waals surface area contributed by atoms with Gasteiger partial charge in [0.25, 0.3) is 0 Å². The zero-order valence-corrected chi connectivity index (χ0v) is 9.96. The van der Waals surface area contributed by atoms with Crippen LogP contribution in [0.15, 0.2) is 23.3 Å².